The van der Waals surface area contributed by atoms with Gasteiger partial charge in [0.1, 0.15) is 11.0 Å². The molecular weight excluding hydrogens is 427 g/mol. The average molecular weight is 438 g/mol. The molecule has 1 N–H and O–H groups in total. The molecule has 3 aromatic rings. The lowest BCUT2D eigenvalue weighted by Crippen LogP contribution is -2.14. The maximum absolute atomic E-state index is 13.8. The number of ether oxygens (including phenoxy) is 1. The highest BCUT2D eigenvalue weighted by Crippen LogP contribution is 2.34. The highest BCUT2D eigenvalue weighted by molar-refractivity contribution is 9.10. The van der Waals surface area contributed by atoms with Crippen molar-refractivity contribution in [1.82, 2.24) is 4.98 Å². The number of methoxy groups -OCH3 is 1. The minimum atomic E-state index is -0.634. The summed E-state index contributed by atoms with van der Waals surface area (Å²) in [7, 11) is 1.25. The van der Waals surface area contributed by atoms with Crippen molar-refractivity contribution in [3.05, 3.63) is 69.0 Å². The van der Waals surface area contributed by atoms with Gasteiger partial charge in [0, 0.05) is 5.39 Å². The third-order valence-electron chi connectivity index (χ3n) is 3.65. The Kier molecular flexibility index (Phi) is 5.20. The summed E-state index contributed by atoms with van der Waals surface area (Å²) in [5.41, 5.74) is 0.881. The molecular formula is C18H11BrClFN2O3. The van der Waals surface area contributed by atoms with E-state index in [4.69, 9.17) is 16.3 Å². The maximum atomic E-state index is 13.8. The zero-order valence-electron chi connectivity index (χ0n) is 13.3. The van der Waals surface area contributed by atoms with Crippen molar-refractivity contribution in [3.8, 4) is 0 Å². The van der Waals surface area contributed by atoms with Gasteiger partial charge in [0.25, 0.3) is 5.91 Å². The van der Waals surface area contributed by atoms with Crippen LogP contribution in [0, 0.1) is 5.82 Å². The molecule has 132 valence electrons. The van der Waals surface area contributed by atoms with Crippen LogP contribution >= 0.6 is 27.5 Å². The van der Waals surface area contributed by atoms with Crippen LogP contribution in [0.5, 0.6) is 0 Å². The van der Waals surface area contributed by atoms with Crippen molar-refractivity contribution in [1.29, 1.82) is 0 Å². The second-order valence-corrected chi connectivity index (χ2v) is 6.42. The number of fused-ring (bicyclic) bond motifs is 1. The fourth-order valence-electron chi connectivity index (χ4n) is 2.46. The summed E-state index contributed by atoms with van der Waals surface area (Å²) in [6.07, 6.45) is 0. The van der Waals surface area contributed by atoms with Gasteiger partial charge in [0.05, 0.1) is 33.9 Å². The van der Waals surface area contributed by atoms with Crippen LogP contribution in [0.25, 0.3) is 10.9 Å². The van der Waals surface area contributed by atoms with Gasteiger partial charge >= 0.3 is 5.97 Å². The summed E-state index contributed by atoms with van der Waals surface area (Å²) in [4.78, 5) is 28.6. The first-order valence-electron chi connectivity index (χ1n) is 7.35. The molecule has 0 saturated carbocycles. The number of carbonyl (C=O) groups is 2. The largest absolute Gasteiger partial charge is 0.465 e. The molecule has 1 aromatic heterocycles. The molecule has 0 spiro atoms. The van der Waals surface area contributed by atoms with Gasteiger partial charge in [-0.25, -0.2) is 14.2 Å². The first-order chi connectivity index (χ1) is 12.4. The molecule has 0 aliphatic heterocycles. The Morgan fingerprint density at radius 2 is 1.92 bits per heavy atom. The number of nitrogens with one attached hydrogen (secondary N) is 1. The smallest absolute Gasteiger partial charge is 0.338 e. The minimum Gasteiger partial charge on any atom is -0.465 e. The van der Waals surface area contributed by atoms with E-state index in [0.717, 1.165) is 0 Å². The first-order valence-corrected chi connectivity index (χ1v) is 8.52. The monoisotopic (exact) mass is 436 g/mol. The van der Waals surface area contributed by atoms with E-state index in [1.165, 1.54) is 31.4 Å². The van der Waals surface area contributed by atoms with Crippen molar-refractivity contribution >= 4 is 56.0 Å². The van der Waals surface area contributed by atoms with E-state index in [1.807, 2.05) is 0 Å². The fraction of sp³-hybridized carbons (Fsp3) is 0.0556. The summed E-state index contributed by atoms with van der Waals surface area (Å²) < 4.78 is 19.0. The van der Waals surface area contributed by atoms with Crippen molar-refractivity contribution in [2.24, 2.45) is 0 Å². The quantitative estimate of drug-likeness (QED) is 0.471. The second-order valence-electron chi connectivity index (χ2n) is 5.24. The number of pyridine rings is 1. The predicted octanol–water partition coefficient (Wildman–Crippen LogP) is 4.83. The second kappa shape index (κ2) is 7.39. The van der Waals surface area contributed by atoms with Gasteiger partial charge in [-0.2, -0.15) is 0 Å². The Labute approximate surface area is 161 Å². The maximum Gasteiger partial charge on any atom is 0.338 e. The Morgan fingerprint density at radius 1 is 1.19 bits per heavy atom. The molecule has 26 heavy (non-hydrogen) atoms. The van der Waals surface area contributed by atoms with Crippen molar-refractivity contribution in [2.75, 3.05) is 12.4 Å². The van der Waals surface area contributed by atoms with E-state index in [-0.39, 0.29) is 16.3 Å². The van der Waals surface area contributed by atoms with E-state index in [0.29, 0.717) is 21.1 Å². The number of rotatable bonds is 3. The molecule has 5 nitrogen and oxygen atoms in total. The van der Waals surface area contributed by atoms with E-state index in [9.17, 15) is 14.0 Å². The molecule has 2 aromatic carbocycles. The molecule has 0 radical (unpaired) electrons. The van der Waals surface area contributed by atoms with Gasteiger partial charge in [0.2, 0.25) is 0 Å². The summed E-state index contributed by atoms with van der Waals surface area (Å²) in [5, 5.41) is 3.18. The summed E-state index contributed by atoms with van der Waals surface area (Å²) >= 11 is 9.33. The van der Waals surface area contributed by atoms with Gasteiger partial charge in [-0.1, -0.05) is 23.7 Å². The molecule has 0 bridgehead atoms. The molecule has 0 atom stereocenters. The summed E-state index contributed by atoms with van der Waals surface area (Å²) in [5.74, 6) is -1.85. The van der Waals surface area contributed by atoms with Gasteiger partial charge in [-0.05, 0) is 46.3 Å². The lowest BCUT2D eigenvalue weighted by Gasteiger charge is -2.12. The van der Waals surface area contributed by atoms with Gasteiger partial charge < -0.3 is 10.1 Å². The number of hydrogen-bond acceptors (Lipinski definition) is 4. The normalized spacial score (nSPS) is 10.6. The molecule has 0 fully saturated rings. The third kappa shape index (κ3) is 3.40. The number of esters is 1. The first kappa shape index (κ1) is 18.3. The Morgan fingerprint density at radius 3 is 2.62 bits per heavy atom. The third-order valence-corrected chi connectivity index (χ3v) is 4.67. The van der Waals surface area contributed by atoms with E-state index < -0.39 is 17.7 Å². The number of benzene rings is 2. The molecule has 0 unspecified atom stereocenters. The van der Waals surface area contributed by atoms with E-state index >= 15 is 0 Å². The van der Waals surface area contributed by atoms with Crippen molar-refractivity contribution in [2.45, 2.75) is 0 Å². The predicted molar refractivity (Wildman–Crippen MR) is 100 cm³/mol. The number of amides is 1. The molecule has 1 amide bonds. The molecule has 0 aliphatic carbocycles. The zero-order valence-corrected chi connectivity index (χ0v) is 15.7. The topological polar surface area (TPSA) is 68.3 Å². The lowest BCUT2D eigenvalue weighted by atomic mass is 10.1. The van der Waals surface area contributed by atoms with Crippen LogP contribution in [0.3, 0.4) is 0 Å². The zero-order chi connectivity index (χ0) is 18.8. The van der Waals surface area contributed by atoms with Gasteiger partial charge in [-0.15, -0.1) is 0 Å². The molecule has 3 rings (SSSR count). The van der Waals surface area contributed by atoms with Crippen LogP contribution in [0.4, 0.5) is 10.1 Å². The van der Waals surface area contributed by atoms with Crippen LogP contribution in [-0.2, 0) is 4.74 Å². The van der Waals surface area contributed by atoms with Crippen LogP contribution in [0.15, 0.2) is 46.9 Å². The van der Waals surface area contributed by atoms with Gasteiger partial charge in [-0.3, -0.25) is 4.79 Å². The van der Waals surface area contributed by atoms with Crippen molar-refractivity contribution in [3.63, 3.8) is 0 Å². The Bertz CT molecular complexity index is 1040. The molecule has 1 heterocycles. The summed E-state index contributed by atoms with van der Waals surface area (Å²) in [6.45, 7) is 0. The highest BCUT2D eigenvalue weighted by atomic mass is 79.9. The number of nitrogens with zero attached hydrogens (tertiary/aromatic N) is 1. The van der Waals surface area contributed by atoms with Crippen LogP contribution in [0.1, 0.15) is 20.7 Å². The van der Waals surface area contributed by atoms with Gasteiger partial charge in [0.15, 0.2) is 0 Å². The summed E-state index contributed by atoms with van der Waals surface area (Å²) in [6, 6.07) is 10.2. The molecule has 0 saturated heterocycles. The van der Waals surface area contributed by atoms with E-state index in [1.54, 1.807) is 18.2 Å². The van der Waals surface area contributed by atoms with Crippen LogP contribution < -0.4 is 5.32 Å². The van der Waals surface area contributed by atoms with E-state index in [2.05, 4.69) is 26.2 Å². The Balaban J connectivity index is 2.09. The SMILES string of the molecule is COC(=O)c1cc(Cl)nc2ccc(NC(=O)c3ccccc3F)c(Br)c12. The Hall–Kier alpha value is -2.51. The number of carbonyl (C=O) groups excluding carboxylic acids is 2. The molecule has 8 heteroatoms. The number of aromatic nitrogens is 1. The standard InChI is InChI=1S/C18H11BrClFN2O3/c1-26-18(25)10-8-14(20)22-12-6-7-13(16(19)15(10)12)23-17(24)9-4-2-3-5-11(9)21/h2-8H,1H3,(H,23,24). The number of halogens is 3. The van der Waals surface area contributed by atoms with Crippen molar-refractivity contribution < 1.29 is 18.7 Å². The number of anilines is 1. The lowest BCUT2D eigenvalue weighted by molar-refractivity contribution is 0.0602. The average Bonchev–Trinajstić information content (AvgIpc) is 2.62. The van der Waals surface area contributed by atoms with Crippen LogP contribution in [0.2, 0.25) is 5.15 Å². The highest BCUT2D eigenvalue weighted by Gasteiger charge is 2.19. The fourth-order valence-corrected chi connectivity index (χ4v) is 3.30. The minimum absolute atomic E-state index is 0.0954. The van der Waals surface area contributed by atoms with Crippen LogP contribution in [-0.4, -0.2) is 24.0 Å². The molecule has 0 aliphatic rings. The number of hydrogen-bond donors (Lipinski definition) is 1.